The molecule has 0 unspecified atom stereocenters. The molecule has 0 bridgehead atoms. The maximum atomic E-state index is 12.1. The monoisotopic (exact) mass is 311 g/mol. The van der Waals surface area contributed by atoms with Crippen molar-refractivity contribution in [1.29, 1.82) is 0 Å². The summed E-state index contributed by atoms with van der Waals surface area (Å²) in [5, 5.41) is 0. The first-order chi connectivity index (χ1) is 9.88. The third kappa shape index (κ3) is 4.26. The van der Waals surface area contributed by atoms with Crippen molar-refractivity contribution >= 4 is 15.9 Å². The molecule has 2 N–H and O–H groups in total. The average molecular weight is 311 g/mol. The van der Waals surface area contributed by atoms with Crippen LogP contribution in [0.3, 0.4) is 0 Å². The average Bonchev–Trinajstić information content (AvgIpc) is 2.46. The van der Waals surface area contributed by atoms with Gasteiger partial charge in [0.25, 0.3) is 10.0 Å². The number of hydrogen-bond donors (Lipinski definition) is 2. The maximum Gasteiger partial charge on any atom is 0.253 e. The Labute approximate surface area is 125 Å². The second-order valence-corrected chi connectivity index (χ2v) is 7.03. The number of hydrazine groups is 1. The van der Waals surface area contributed by atoms with Gasteiger partial charge >= 0.3 is 0 Å². The zero-order valence-electron chi connectivity index (χ0n) is 12.3. The Morgan fingerprint density at radius 1 is 1.19 bits per heavy atom. The Morgan fingerprint density at radius 3 is 2.29 bits per heavy atom. The zero-order valence-corrected chi connectivity index (χ0v) is 13.1. The van der Waals surface area contributed by atoms with Crippen molar-refractivity contribution in [1.82, 2.24) is 15.2 Å². The van der Waals surface area contributed by atoms with Gasteiger partial charge in [0.05, 0.1) is 4.90 Å². The highest BCUT2D eigenvalue weighted by molar-refractivity contribution is 7.89. The van der Waals surface area contributed by atoms with E-state index in [1.54, 1.807) is 36.1 Å². The van der Waals surface area contributed by atoms with Crippen LogP contribution in [0.25, 0.3) is 0 Å². The van der Waals surface area contributed by atoms with Crippen LogP contribution in [0.5, 0.6) is 0 Å². The van der Waals surface area contributed by atoms with Crippen molar-refractivity contribution < 1.29 is 13.2 Å². The summed E-state index contributed by atoms with van der Waals surface area (Å²) in [4.78, 5) is 15.7. The Hall–Kier alpha value is -1.44. The first-order valence-corrected chi connectivity index (χ1v) is 8.46. The summed E-state index contributed by atoms with van der Waals surface area (Å²) in [6.45, 7) is 4.76. The van der Waals surface area contributed by atoms with Gasteiger partial charge in [0.15, 0.2) is 0 Å². The molecule has 1 amide bonds. The lowest BCUT2D eigenvalue weighted by molar-refractivity contribution is -0.129. The van der Waals surface area contributed by atoms with Crippen LogP contribution >= 0.6 is 0 Å². The number of aryl methyl sites for hydroxylation is 1. The van der Waals surface area contributed by atoms with Crippen molar-refractivity contribution in [2.45, 2.75) is 37.6 Å². The van der Waals surface area contributed by atoms with Crippen molar-refractivity contribution in [3.8, 4) is 0 Å². The van der Waals surface area contributed by atoms with Gasteiger partial charge in [-0.25, -0.2) is 13.8 Å². The lowest BCUT2D eigenvalue weighted by Crippen LogP contribution is -2.50. The van der Waals surface area contributed by atoms with Crippen LogP contribution in [0.15, 0.2) is 29.2 Å². The van der Waals surface area contributed by atoms with Crippen LogP contribution in [0.4, 0.5) is 0 Å². The summed E-state index contributed by atoms with van der Waals surface area (Å²) < 4.78 is 24.2. The minimum absolute atomic E-state index is 0.0424. The molecule has 0 atom stereocenters. The fourth-order valence-corrected chi connectivity index (χ4v) is 3.21. The highest BCUT2D eigenvalue weighted by Crippen LogP contribution is 2.12. The SMILES string of the molecule is CC(=O)N1CCC(NNS(=O)(=O)c2ccc(C)cc2)CC1. The van der Waals surface area contributed by atoms with E-state index in [0.717, 1.165) is 18.4 Å². The second kappa shape index (κ2) is 6.55. The van der Waals surface area contributed by atoms with Crippen LogP contribution in [-0.4, -0.2) is 38.4 Å². The number of nitrogens with zero attached hydrogens (tertiary/aromatic N) is 1. The van der Waals surface area contributed by atoms with E-state index in [1.807, 2.05) is 6.92 Å². The van der Waals surface area contributed by atoms with Gasteiger partial charge in [-0.2, -0.15) is 0 Å². The molecule has 1 saturated heterocycles. The van der Waals surface area contributed by atoms with E-state index in [0.29, 0.717) is 13.1 Å². The Balaban J connectivity index is 1.88. The van der Waals surface area contributed by atoms with Crippen LogP contribution in [0.2, 0.25) is 0 Å². The van der Waals surface area contributed by atoms with E-state index in [2.05, 4.69) is 10.3 Å². The fourth-order valence-electron chi connectivity index (χ4n) is 2.28. The van der Waals surface area contributed by atoms with Gasteiger partial charge in [-0.3, -0.25) is 4.79 Å². The highest BCUT2D eigenvalue weighted by atomic mass is 32.2. The molecule has 7 heteroatoms. The maximum absolute atomic E-state index is 12.1. The number of carbonyl (C=O) groups is 1. The van der Waals surface area contributed by atoms with Crippen molar-refractivity contribution in [3.05, 3.63) is 29.8 Å². The third-order valence-corrected chi connectivity index (χ3v) is 4.95. The molecule has 0 aliphatic carbocycles. The van der Waals surface area contributed by atoms with Gasteiger partial charge < -0.3 is 4.90 Å². The lowest BCUT2D eigenvalue weighted by Gasteiger charge is -2.31. The predicted octanol–water partition coefficient (Wildman–Crippen LogP) is 0.789. The first-order valence-electron chi connectivity index (χ1n) is 6.98. The number of sulfonamides is 1. The Bertz CT molecular complexity index is 590. The molecule has 1 aliphatic heterocycles. The van der Waals surface area contributed by atoms with Crippen molar-refractivity contribution in [3.63, 3.8) is 0 Å². The largest absolute Gasteiger partial charge is 0.343 e. The Morgan fingerprint density at radius 2 is 1.76 bits per heavy atom. The number of likely N-dealkylation sites (tertiary alicyclic amines) is 1. The summed E-state index contributed by atoms with van der Waals surface area (Å²) in [6, 6.07) is 6.73. The molecular formula is C14H21N3O3S. The van der Waals surface area contributed by atoms with E-state index >= 15 is 0 Å². The van der Waals surface area contributed by atoms with Crippen molar-refractivity contribution in [2.75, 3.05) is 13.1 Å². The quantitative estimate of drug-likeness (QED) is 0.806. The molecule has 1 aromatic carbocycles. The standard InChI is InChI=1S/C14H21N3O3S/c1-11-3-5-14(6-4-11)21(19,20)16-15-13-7-9-17(10-8-13)12(2)18/h3-6,13,15-16H,7-10H2,1-2H3. The van der Waals surface area contributed by atoms with Gasteiger partial charge in [0, 0.05) is 26.1 Å². The van der Waals surface area contributed by atoms with Gasteiger partial charge in [-0.05, 0) is 31.9 Å². The smallest absolute Gasteiger partial charge is 0.253 e. The van der Waals surface area contributed by atoms with E-state index < -0.39 is 10.0 Å². The number of amides is 1. The highest BCUT2D eigenvalue weighted by Gasteiger charge is 2.22. The predicted molar refractivity (Wildman–Crippen MR) is 79.9 cm³/mol. The van der Waals surface area contributed by atoms with Crippen LogP contribution in [0, 0.1) is 6.92 Å². The molecule has 116 valence electrons. The number of carbonyl (C=O) groups excluding carboxylic acids is 1. The van der Waals surface area contributed by atoms with Crippen molar-refractivity contribution in [2.24, 2.45) is 0 Å². The molecule has 0 spiro atoms. The molecular weight excluding hydrogens is 290 g/mol. The second-order valence-electron chi connectivity index (χ2n) is 5.34. The Kier molecular flexibility index (Phi) is 4.97. The number of rotatable bonds is 4. The minimum atomic E-state index is -3.55. The van der Waals surface area contributed by atoms with Gasteiger partial charge in [-0.1, -0.05) is 17.7 Å². The lowest BCUT2D eigenvalue weighted by atomic mass is 10.1. The third-order valence-electron chi connectivity index (χ3n) is 3.67. The van der Waals surface area contributed by atoms with E-state index in [9.17, 15) is 13.2 Å². The molecule has 2 rings (SSSR count). The van der Waals surface area contributed by atoms with Crippen LogP contribution < -0.4 is 10.3 Å². The molecule has 0 radical (unpaired) electrons. The normalized spacial score (nSPS) is 17.0. The molecule has 1 aliphatic rings. The first kappa shape index (κ1) is 15.9. The summed E-state index contributed by atoms with van der Waals surface area (Å²) in [5.74, 6) is 0.0636. The summed E-state index contributed by atoms with van der Waals surface area (Å²) in [6.07, 6.45) is 1.46. The minimum Gasteiger partial charge on any atom is -0.343 e. The summed E-state index contributed by atoms with van der Waals surface area (Å²) in [7, 11) is -3.55. The number of piperidine rings is 1. The number of nitrogens with one attached hydrogen (secondary N) is 2. The van der Waals surface area contributed by atoms with E-state index in [1.165, 1.54) is 0 Å². The summed E-state index contributed by atoms with van der Waals surface area (Å²) >= 11 is 0. The number of hydrogen-bond acceptors (Lipinski definition) is 4. The van der Waals surface area contributed by atoms with E-state index in [4.69, 9.17) is 0 Å². The topological polar surface area (TPSA) is 78.5 Å². The molecule has 0 saturated carbocycles. The number of benzene rings is 1. The van der Waals surface area contributed by atoms with Gasteiger partial charge in [-0.15, -0.1) is 4.83 Å². The van der Waals surface area contributed by atoms with Crippen LogP contribution in [-0.2, 0) is 14.8 Å². The summed E-state index contributed by atoms with van der Waals surface area (Å²) in [5.41, 5.74) is 3.87. The molecule has 6 nitrogen and oxygen atoms in total. The van der Waals surface area contributed by atoms with Gasteiger partial charge in [0.2, 0.25) is 5.91 Å². The molecule has 1 fully saturated rings. The molecule has 0 aromatic heterocycles. The molecule has 21 heavy (non-hydrogen) atoms. The van der Waals surface area contributed by atoms with Gasteiger partial charge in [0.1, 0.15) is 0 Å². The van der Waals surface area contributed by atoms with Crippen LogP contribution in [0.1, 0.15) is 25.3 Å². The fraction of sp³-hybridized carbons (Fsp3) is 0.500. The molecule has 1 aromatic rings. The molecule has 1 heterocycles. The van der Waals surface area contributed by atoms with E-state index in [-0.39, 0.29) is 16.8 Å². The zero-order chi connectivity index (χ0) is 15.5.